The molecule has 1 heteroatoms. The molecule has 1 rings (SSSR count). The smallest absolute Gasteiger partial charge is 0.0466 e. The largest absolute Gasteiger partial charge is 0.381 e. The molecule has 1 nitrogen and oxygen atoms in total. The van der Waals surface area contributed by atoms with Crippen molar-refractivity contribution >= 4 is 0 Å². The van der Waals surface area contributed by atoms with Crippen molar-refractivity contribution in [1.29, 1.82) is 0 Å². The Bertz CT molecular complexity index is 58.8. The van der Waals surface area contributed by atoms with E-state index in [1.807, 2.05) is 0 Å². The van der Waals surface area contributed by atoms with Gasteiger partial charge in [-0.1, -0.05) is 13.2 Å². The lowest BCUT2D eigenvalue weighted by molar-refractivity contribution is 0.198. The summed E-state index contributed by atoms with van der Waals surface area (Å²) >= 11 is 0. The average Bonchev–Trinajstić information content (AvgIpc) is 2.17. The Kier molecular flexibility index (Phi) is 6.06. The normalized spacial score (nSPS) is 16.0. The van der Waals surface area contributed by atoms with E-state index in [4.69, 9.17) is 4.74 Å². The molecule has 0 saturated carbocycles. The summed E-state index contributed by atoms with van der Waals surface area (Å²) in [5, 5.41) is 0. The van der Waals surface area contributed by atoms with Crippen LogP contribution >= 0.6 is 0 Å². The molecule has 46 valence electrons. The topological polar surface area (TPSA) is 9.23 Å². The molecular weight excluding hydrogens is 100 g/mol. The summed E-state index contributed by atoms with van der Waals surface area (Å²) in [6.07, 6.45) is 2.56. The fourth-order valence-electron chi connectivity index (χ4n) is 0.510. The van der Waals surface area contributed by atoms with Crippen molar-refractivity contribution in [1.82, 2.24) is 0 Å². The minimum Gasteiger partial charge on any atom is -0.381 e. The molecule has 1 fully saturated rings. The van der Waals surface area contributed by atoms with Crippen LogP contribution < -0.4 is 0 Å². The van der Waals surface area contributed by atoms with Gasteiger partial charge >= 0.3 is 0 Å². The molecular formula is C7H12O. The van der Waals surface area contributed by atoms with Gasteiger partial charge in [0, 0.05) is 13.2 Å². The van der Waals surface area contributed by atoms with Crippen LogP contribution in [0.15, 0.2) is 18.9 Å². The summed E-state index contributed by atoms with van der Waals surface area (Å²) in [4.78, 5) is 0. The van der Waals surface area contributed by atoms with Gasteiger partial charge in [-0.25, -0.2) is 0 Å². The predicted molar refractivity (Wildman–Crippen MR) is 34.8 cm³/mol. The molecule has 0 aromatic heterocycles. The van der Waals surface area contributed by atoms with Crippen molar-refractivity contribution in [3.8, 4) is 0 Å². The van der Waals surface area contributed by atoms with Gasteiger partial charge in [-0.05, 0) is 12.8 Å². The maximum absolute atomic E-state index is 4.94. The quantitative estimate of drug-likeness (QED) is 0.434. The highest BCUT2D eigenvalue weighted by Gasteiger charge is 1.94. The van der Waals surface area contributed by atoms with Crippen molar-refractivity contribution in [3.63, 3.8) is 0 Å². The maximum Gasteiger partial charge on any atom is 0.0466 e. The second kappa shape index (κ2) is 6.48. The maximum atomic E-state index is 4.94. The summed E-state index contributed by atoms with van der Waals surface area (Å²) in [5.41, 5.74) is 2.25. The van der Waals surface area contributed by atoms with Gasteiger partial charge in [0.2, 0.25) is 0 Å². The molecule has 0 amide bonds. The Balaban J connectivity index is 0.000000145. The van der Waals surface area contributed by atoms with Crippen LogP contribution in [0, 0.1) is 0 Å². The molecule has 8 heavy (non-hydrogen) atoms. The molecule has 0 aliphatic carbocycles. The van der Waals surface area contributed by atoms with Crippen LogP contribution in [-0.4, -0.2) is 13.2 Å². The van der Waals surface area contributed by atoms with E-state index in [0.717, 1.165) is 13.2 Å². The third-order valence-electron chi connectivity index (χ3n) is 0.827. The molecule has 1 aliphatic rings. The molecule has 1 heterocycles. The zero-order valence-electron chi connectivity index (χ0n) is 5.15. The molecule has 0 radical (unpaired) electrons. The molecule has 0 aromatic rings. The summed E-state index contributed by atoms with van der Waals surface area (Å²) in [6.45, 7) is 8.25. The Morgan fingerprint density at radius 2 is 1.50 bits per heavy atom. The lowest BCUT2D eigenvalue weighted by Crippen LogP contribution is -1.74. The molecule has 0 atom stereocenters. The van der Waals surface area contributed by atoms with Crippen molar-refractivity contribution in [2.75, 3.05) is 13.2 Å². The van der Waals surface area contributed by atoms with Crippen LogP contribution in [0.25, 0.3) is 0 Å². The first-order valence-electron chi connectivity index (χ1n) is 2.78. The minimum atomic E-state index is 1.00. The van der Waals surface area contributed by atoms with Crippen LogP contribution in [0.2, 0.25) is 0 Å². The van der Waals surface area contributed by atoms with E-state index < -0.39 is 0 Å². The van der Waals surface area contributed by atoms with E-state index in [2.05, 4.69) is 18.9 Å². The minimum absolute atomic E-state index is 1.00. The number of rotatable bonds is 0. The van der Waals surface area contributed by atoms with Gasteiger partial charge in [0.05, 0.1) is 0 Å². The van der Waals surface area contributed by atoms with Gasteiger partial charge in [0.25, 0.3) is 0 Å². The van der Waals surface area contributed by atoms with Gasteiger partial charge in [0.1, 0.15) is 0 Å². The Morgan fingerprint density at radius 3 is 1.62 bits per heavy atom. The first-order valence-corrected chi connectivity index (χ1v) is 2.78. The summed E-state index contributed by atoms with van der Waals surface area (Å²) < 4.78 is 4.94. The molecule has 0 aromatic carbocycles. The summed E-state index contributed by atoms with van der Waals surface area (Å²) in [7, 11) is 0. The Labute approximate surface area is 50.7 Å². The Morgan fingerprint density at radius 1 is 1.12 bits per heavy atom. The fraction of sp³-hybridized carbons (Fsp3) is 0.571. The van der Waals surface area contributed by atoms with E-state index in [-0.39, 0.29) is 0 Å². The zero-order chi connectivity index (χ0) is 6.24. The van der Waals surface area contributed by atoms with Gasteiger partial charge in [-0.2, -0.15) is 0 Å². The predicted octanol–water partition coefficient (Wildman–Crippen LogP) is 1.75. The lowest BCUT2D eigenvalue weighted by atomic mass is 10.4. The standard InChI is InChI=1S/C4H8O.C3H4/c1-2-4-5-3-1;1-3-2/h1-4H2;1-2H2. The third kappa shape index (κ3) is 5.48. The highest BCUT2D eigenvalue weighted by atomic mass is 16.5. The zero-order valence-corrected chi connectivity index (χ0v) is 5.15. The van der Waals surface area contributed by atoms with Crippen LogP contribution in [0.5, 0.6) is 0 Å². The van der Waals surface area contributed by atoms with E-state index >= 15 is 0 Å². The first-order chi connectivity index (χ1) is 3.91. The van der Waals surface area contributed by atoms with Crippen LogP contribution in [0.3, 0.4) is 0 Å². The Hall–Kier alpha value is -0.520. The summed E-state index contributed by atoms with van der Waals surface area (Å²) in [6, 6.07) is 0. The van der Waals surface area contributed by atoms with Crippen molar-refractivity contribution in [3.05, 3.63) is 18.9 Å². The van der Waals surface area contributed by atoms with Crippen LogP contribution in [0.1, 0.15) is 12.8 Å². The van der Waals surface area contributed by atoms with E-state index in [1.54, 1.807) is 0 Å². The molecule has 1 saturated heterocycles. The SMILES string of the molecule is C1CCOC1.C=C=C. The molecule has 0 unspecified atom stereocenters. The molecule has 0 spiro atoms. The molecule has 1 aliphatic heterocycles. The van der Waals surface area contributed by atoms with Crippen molar-refractivity contribution in [2.45, 2.75) is 12.8 Å². The van der Waals surface area contributed by atoms with E-state index in [0.29, 0.717) is 0 Å². The van der Waals surface area contributed by atoms with Gasteiger partial charge in [0.15, 0.2) is 0 Å². The van der Waals surface area contributed by atoms with Gasteiger partial charge < -0.3 is 4.74 Å². The molecule has 0 N–H and O–H groups in total. The highest BCUT2D eigenvalue weighted by molar-refractivity contribution is 4.51. The number of hydrogen-bond acceptors (Lipinski definition) is 1. The van der Waals surface area contributed by atoms with Crippen LogP contribution in [-0.2, 0) is 4.74 Å². The average molecular weight is 112 g/mol. The van der Waals surface area contributed by atoms with Gasteiger partial charge in [-0.15, -0.1) is 5.73 Å². The first kappa shape index (κ1) is 7.48. The van der Waals surface area contributed by atoms with E-state index in [9.17, 15) is 0 Å². The number of ether oxygens (including phenoxy) is 1. The van der Waals surface area contributed by atoms with E-state index in [1.165, 1.54) is 12.8 Å². The fourth-order valence-corrected chi connectivity index (χ4v) is 0.510. The highest BCUT2D eigenvalue weighted by Crippen LogP contribution is 1.98. The van der Waals surface area contributed by atoms with Crippen LogP contribution in [0.4, 0.5) is 0 Å². The summed E-state index contributed by atoms with van der Waals surface area (Å²) in [5.74, 6) is 0. The van der Waals surface area contributed by atoms with Crippen molar-refractivity contribution in [2.24, 2.45) is 0 Å². The second-order valence-corrected chi connectivity index (χ2v) is 1.57. The monoisotopic (exact) mass is 112 g/mol. The van der Waals surface area contributed by atoms with Gasteiger partial charge in [-0.3, -0.25) is 0 Å². The third-order valence-corrected chi connectivity index (χ3v) is 0.827. The van der Waals surface area contributed by atoms with Crippen molar-refractivity contribution < 1.29 is 4.74 Å². The molecule has 0 bridgehead atoms. The second-order valence-electron chi connectivity index (χ2n) is 1.57. The lowest BCUT2D eigenvalue weighted by Gasteiger charge is -1.76. The number of hydrogen-bond donors (Lipinski definition) is 0.